The number of nitrogens with two attached hydrogens (primary N) is 1. The lowest BCUT2D eigenvalue weighted by atomic mass is 10.1. The Bertz CT molecular complexity index is 780. The Morgan fingerprint density at radius 3 is 2.85 bits per heavy atom. The lowest BCUT2D eigenvalue weighted by molar-refractivity contribution is -0.125. The molecule has 2 heterocycles. The highest BCUT2D eigenvalue weighted by atomic mass is 16.5. The van der Waals surface area contributed by atoms with Crippen LogP contribution in [-0.2, 0) is 22.5 Å². The summed E-state index contributed by atoms with van der Waals surface area (Å²) in [6, 6.07) is 2.03. The maximum absolute atomic E-state index is 12.0. The van der Waals surface area contributed by atoms with E-state index >= 15 is 0 Å². The molecule has 7 heteroatoms. The second kappa shape index (κ2) is 9.17. The number of nitrogens with one attached hydrogen (secondary N) is 1. The van der Waals surface area contributed by atoms with Gasteiger partial charge >= 0.3 is 0 Å². The van der Waals surface area contributed by atoms with Gasteiger partial charge in [0.25, 0.3) is 0 Å². The first-order valence-electron chi connectivity index (χ1n) is 10.1. The number of ether oxygens (including phenoxy) is 1. The van der Waals surface area contributed by atoms with Crippen LogP contribution < -0.4 is 11.1 Å². The number of rotatable bonds is 9. The van der Waals surface area contributed by atoms with E-state index in [1.54, 1.807) is 0 Å². The molecule has 2 aromatic heterocycles. The fourth-order valence-corrected chi connectivity index (χ4v) is 3.82. The van der Waals surface area contributed by atoms with Crippen molar-refractivity contribution in [1.82, 2.24) is 19.9 Å². The third-order valence-electron chi connectivity index (χ3n) is 5.18. The lowest BCUT2D eigenvalue weighted by Crippen LogP contribution is -2.32. The summed E-state index contributed by atoms with van der Waals surface area (Å²) in [5.74, 6) is 1.89. The highest BCUT2D eigenvalue weighted by molar-refractivity contribution is 5.85. The first kappa shape index (κ1) is 19.6. The molecule has 0 radical (unpaired) electrons. The third-order valence-corrected chi connectivity index (χ3v) is 5.18. The van der Waals surface area contributed by atoms with Crippen molar-refractivity contribution in [2.24, 2.45) is 5.92 Å². The number of hydrogen-bond acceptors (Lipinski definition) is 5. The Kier molecular flexibility index (Phi) is 6.66. The number of imidazole rings is 1. The van der Waals surface area contributed by atoms with E-state index in [-0.39, 0.29) is 11.8 Å². The van der Waals surface area contributed by atoms with Gasteiger partial charge in [0, 0.05) is 31.1 Å². The van der Waals surface area contributed by atoms with E-state index in [1.165, 1.54) is 12.8 Å². The van der Waals surface area contributed by atoms with Crippen molar-refractivity contribution < 1.29 is 9.53 Å². The number of nitrogen functional groups attached to an aromatic ring is 1. The zero-order valence-corrected chi connectivity index (χ0v) is 16.5. The predicted octanol–water partition coefficient (Wildman–Crippen LogP) is 2.60. The second-order valence-corrected chi connectivity index (χ2v) is 7.33. The van der Waals surface area contributed by atoms with Crippen molar-refractivity contribution in [2.45, 2.75) is 58.9 Å². The number of carbonyl (C=O) groups is 1. The van der Waals surface area contributed by atoms with E-state index in [2.05, 4.69) is 26.8 Å². The zero-order chi connectivity index (χ0) is 19.2. The van der Waals surface area contributed by atoms with E-state index in [9.17, 15) is 4.79 Å². The van der Waals surface area contributed by atoms with Gasteiger partial charge in [0.2, 0.25) is 5.91 Å². The number of nitrogens with zero attached hydrogens (tertiary/aromatic N) is 3. The minimum atomic E-state index is 0.181. The van der Waals surface area contributed by atoms with Crippen molar-refractivity contribution in [2.75, 3.05) is 25.5 Å². The van der Waals surface area contributed by atoms with E-state index in [0.717, 1.165) is 48.2 Å². The summed E-state index contributed by atoms with van der Waals surface area (Å²) in [6.07, 6.45) is 6.31. The highest BCUT2D eigenvalue weighted by Crippen LogP contribution is 2.24. The van der Waals surface area contributed by atoms with Gasteiger partial charge in [-0.1, -0.05) is 19.8 Å². The number of anilines is 1. The van der Waals surface area contributed by atoms with Gasteiger partial charge in [0.1, 0.15) is 11.3 Å². The SMILES string of the molecule is CCCc1nc2c(N)nc(C)cc2n1CCOCCNC(=O)C1CCCC1. The third kappa shape index (κ3) is 4.77. The smallest absolute Gasteiger partial charge is 0.223 e. The van der Waals surface area contributed by atoms with Crippen molar-refractivity contribution in [3.05, 3.63) is 17.6 Å². The van der Waals surface area contributed by atoms with Gasteiger partial charge in [0.15, 0.2) is 5.82 Å². The van der Waals surface area contributed by atoms with E-state index in [4.69, 9.17) is 10.5 Å². The van der Waals surface area contributed by atoms with Crippen molar-refractivity contribution >= 4 is 22.8 Å². The molecule has 3 rings (SSSR count). The second-order valence-electron chi connectivity index (χ2n) is 7.33. The Morgan fingerprint density at radius 2 is 2.11 bits per heavy atom. The summed E-state index contributed by atoms with van der Waals surface area (Å²) in [7, 11) is 0. The summed E-state index contributed by atoms with van der Waals surface area (Å²) in [4.78, 5) is 21.0. The molecule has 0 unspecified atom stereocenters. The number of hydrogen-bond donors (Lipinski definition) is 2. The summed E-state index contributed by atoms with van der Waals surface area (Å²) < 4.78 is 7.93. The molecule has 0 aliphatic heterocycles. The predicted molar refractivity (Wildman–Crippen MR) is 106 cm³/mol. The number of carbonyl (C=O) groups excluding carboxylic acids is 1. The van der Waals surface area contributed by atoms with Crippen LogP contribution in [0.25, 0.3) is 11.0 Å². The van der Waals surface area contributed by atoms with E-state index in [1.807, 2.05) is 13.0 Å². The minimum Gasteiger partial charge on any atom is -0.382 e. The summed E-state index contributed by atoms with van der Waals surface area (Å²) in [5.41, 5.74) is 8.73. The van der Waals surface area contributed by atoms with Crippen LogP contribution in [0.2, 0.25) is 0 Å². The number of amides is 1. The molecule has 27 heavy (non-hydrogen) atoms. The number of aryl methyl sites for hydroxylation is 2. The van der Waals surface area contributed by atoms with Gasteiger partial charge in [-0.15, -0.1) is 0 Å². The molecule has 1 saturated carbocycles. The molecule has 1 fully saturated rings. The zero-order valence-electron chi connectivity index (χ0n) is 16.5. The minimum absolute atomic E-state index is 0.181. The van der Waals surface area contributed by atoms with Crippen LogP contribution in [0.4, 0.5) is 5.82 Å². The normalized spacial score (nSPS) is 14.9. The fraction of sp³-hybridized carbons (Fsp3) is 0.650. The van der Waals surface area contributed by atoms with E-state index in [0.29, 0.717) is 32.1 Å². The fourth-order valence-electron chi connectivity index (χ4n) is 3.82. The van der Waals surface area contributed by atoms with Gasteiger partial charge in [-0.3, -0.25) is 4.79 Å². The van der Waals surface area contributed by atoms with Gasteiger partial charge in [0.05, 0.1) is 18.7 Å². The molecule has 1 amide bonds. The number of fused-ring (bicyclic) bond motifs is 1. The summed E-state index contributed by atoms with van der Waals surface area (Å²) >= 11 is 0. The van der Waals surface area contributed by atoms with Crippen LogP contribution in [0.1, 0.15) is 50.5 Å². The molecule has 0 aromatic carbocycles. The molecule has 2 aromatic rings. The highest BCUT2D eigenvalue weighted by Gasteiger charge is 2.21. The van der Waals surface area contributed by atoms with Crippen LogP contribution in [0.3, 0.4) is 0 Å². The molecule has 0 bridgehead atoms. The number of aromatic nitrogens is 3. The first-order chi connectivity index (χ1) is 13.1. The average Bonchev–Trinajstić information content (AvgIpc) is 3.27. The maximum Gasteiger partial charge on any atom is 0.223 e. The number of pyridine rings is 1. The molecule has 1 aliphatic rings. The molecule has 148 valence electrons. The van der Waals surface area contributed by atoms with E-state index < -0.39 is 0 Å². The molecule has 7 nitrogen and oxygen atoms in total. The van der Waals surface area contributed by atoms with Crippen molar-refractivity contribution in [3.8, 4) is 0 Å². The van der Waals surface area contributed by atoms with Crippen LogP contribution in [0, 0.1) is 12.8 Å². The Hall–Kier alpha value is -2.15. The monoisotopic (exact) mass is 373 g/mol. The lowest BCUT2D eigenvalue weighted by Gasteiger charge is -2.12. The van der Waals surface area contributed by atoms with Gasteiger partial charge in [-0.2, -0.15) is 0 Å². The molecule has 0 atom stereocenters. The first-order valence-corrected chi connectivity index (χ1v) is 10.1. The van der Waals surface area contributed by atoms with Gasteiger partial charge in [-0.25, -0.2) is 9.97 Å². The van der Waals surface area contributed by atoms with Gasteiger partial charge in [-0.05, 0) is 32.3 Å². The largest absolute Gasteiger partial charge is 0.382 e. The average molecular weight is 374 g/mol. The Labute approximate surface area is 160 Å². The molecular weight excluding hydrogens is 342 g/mol. The standard InChI is InChI=1S/C20H31N5O2/c1-3-6-17-24-18-16(13-14(2)23-19(18)21)25(17)10-12-27-11-9-22-20(26)15-7-4-5-8-15/h13,15H,3-12H2,1-2H3,(H2,21,23)(H,22,26). The molecule has 3 N–H and O–H groups in total. The maximum atomic E-state index is 12.0. The van der Waals surface area contributed by atoms with Crippen LogP contribution in [0.5, 0.6) is 0 Å². The van der Waals surface area contributed by atoms with Gasteiger partial charge < -0.3 is 20.4 Å². The van der Waals surface area contributed by atoms with Crippen LogP contribution >= 0.6 is 0 Å². The Balaban J connectivity index is 1.52. The topological polar surface area (TPSA) is 95.1 Å². The molecule has 0 saturated heterocycles. The van der Waals surface area contributed by atoms with Crippen molar-refractivity contribution in [1.29, 1.82) is 0 Å². The molecule has 1 aliphatic carbocycles. The summed E-state index contributed by atoms with van der Waals surface area (Å²) in [6.45, 7) is 6.46. The van der Waals surface area contributed by atoms with Crippen LogP contribution in [0.15, 0.2) is 6.07 Å². The quantitative estimate of drug-likeness (QED) is 0.659. The molecular formula is C20H31N5O2. The Morgan fingerprint density at radius 1 is 1.33 bits per heavy atom. The molecule has 0 spiro atoms. The van der Waals surface area contributed by atoms with Crippen molar-refractivity contribution in [3.63, 3.8) is 0 Å². The van der Waals surface area contributed by atoms with Crippen LogP contribution in [-0.4, -0.2) is 40.2 Å². The summed E-state index contributed by atoms with van der Waals surface area (Å²) in [5, 5.41) is 2.99.